The quantitative estimate of drug-likeness (QED) is 0.356. The second kappa shape index (κ2) is 8.57. The van der Waals surface area contributed by atoms with Crippen LogP contribution in [0.25, 0.3) is 0 Å². The fourth-order valence-electron chi connectivity index (χ4n) is 2.30. The average Bonchev–Trinajstić information content (AvgIpc) is 3.17. The van der Waals surface area contributed by atoms with Crippen LogP contribution >= 0.6 is 15.9 Å². The van der Waals surface area contributed by atoms with Gasteiger partial charge in [0.2, 0.25) is 5.78 Å². The number of carbonyl (C=O) groups excluding carboxylic acids is 2. The molecule has 0 aliphatic heterocycles. The number of hydrogen-bond donors (Lipinski definition) is 2. The topological polar surface area (TPSA) is 91.9 Å². The molecule has 3 rings (SSSR count). The van der Waals surface area contributed by atoms with Crippen LogP contribution in [0.2, 0.25) is 0 Å². The highest BCUT2D eigenvalue weighted by atomic mass is 79.9. The maximum atomic E-state index is 12.3. The number of nitrogens with one attached hydrogen (secondary N) is 1. The van der Waals surface area contributed by atoms with Crippen molar-refractivity contribution in [3.8, 4) is 0 Å². The summed E-state index contributed by atoms with van der Waals surface area (Å²) < 4.78 is 6.24. The van der Waals surface area contributed by atoms with Gasteiger partial charge in [-0.05, 0) is 42.0 Å². The smallest absolute Gasteiger partial charge is 0.271 e. The molecule has 0 saturated heterocycles. The molecule has 7 heteroatoms. The SMILES string of the molecule is O=C(NN=Cc1ccc(C(=O)C(O)c2ccccc2)o1)c1ccc(Br)cc1. The Balaban J connectivity index is 1.62. The number of Topliss-reactive ketones (excluding diaryl/α,β-unsaturated/α-hetero) is 1. The Hall–Kier alpha value is -3.03. The van der Waals surface area contributed by atoms with Gasteiger partial charge in [0.1, 0.15) is 11.9 Å². The van der Waals surface area contributed by atoms with E-state index in [9.17, 15) is 14.7 Å². The first-order valence-electron chi connectivity index (χ1n) is 8.00. The molecule has 1 heterocycles. The van der Waals surface area contributed by atoms with Gasteiger partial charge in [-0.2, -0.15) is 5.10 Å². The predicted octanol–water partition coefficient (Wildman–Crippen LogP) is 3.72. The minimum atomic E-state index is -1.31. The summed E-state index contributed by atoms with van der Waals surface area (Å²) in [5.41, 5.74) is 3.31. The summed E-state index contributed by atoms with van der Waals surface area (Å²) in [6.45, 7) is 0. The zero-order chi connectivity index (χ0) is 19.2. The Morgan fingerprint density at radius 1 is 1.04 bits per heavy atom. The fourth-order valence-corrected chi connectivity index (χ4v) is 2.56. The Kier molecular flexibility index (Phi) is 5.95. The van der Waals surface area contributed by atoms with Gasteiger partial charge in [0.05, 0.1) is 6.21 Å². The van der Waals surface area contributed by atoms with Gasteiger partial charge in [-0.3, -0.25) is 9.59 Å². The van der Waals surface area contributed by atoms with Gasteiger partial charge < -0.3 is 9.52 Å². The van der Waals surface area contributed by atoms with E-state index in [-0.39, 0.29) is 17.4 Å². The van der Waals surface area contributed by atoms with E-state index in [0.717, 1.165) is 4.47 Å². The van der Waals surface area contributed by atoms with Gasteiger partial charge in [0.25, 0.3) is 5.91 Å². The predicted molar refractivity (Wildman–Crippen MR) is 104 cm³/mol. The largest absolute Gasteiger partial charge is 0.452 e. The van der Waals surface area contributed by atoms with Crippen LogP contribution in [0.4, 0.5) is 0 Å². The number of benzene rings is 2. The molecular formula is C20H15BrN2O4. The minimum absolute atomic E-state index is 0.00652. The highest BCUT2D eigenvalue weighted by Crippen LogP contribution is 2.19. The normalized spacial score (nSPS) is 12.1. The number of rotatable bonds is 6. The third-order valence-corrected chi connectivity index (χ3v) is 4.23. The van der Waals surface area contributed by atoms with Crippen LogP contribution in [0, 0.1) is 0 Å². The van der Waals surface area contributed by atoms with Crippen LogP contribution in [-0.2, 0) is 0 Å². The molecule has 0 fully saturated rings. The van der Waals surface area contributed by atoms with Gasteiger partial charge in [-0.1, -0.05) is 46.3 Å². The second-order valence-corrected chi connectivity index (χ2v) is 6.50. The number of furan rings is 1. The van der Waals surface area contributed by atoms with E-state index in [1.807, 2.05) is 0 Å². The first-order valence-corrected chi connectivity index (χ1v) is 8.80. The van der Waals surface area contributed by atoms with Crippen molar-refractivity contribution in [3.05, 3.63) is 93.9 Å². The molecular weight excluding hydrogens is 412 g/mol. The zero-order valence-electron chi connectivity index (χ0n) is 14.0. The molecule has 0 aliphatic rings. The molecule has 0 saturated carbocycles. The summed E-state index contributed by atoms with van der Waals surface area (Å²) >= 11 is 3.30. The van der Waals surface area contributed by atoms with Gasteiger partial charge in [-0.15, -0.1) is 0 Å². The van der Waals surface area contributed by atoms with E-state index in [2.05, 4.69) is 26.5 Å². The summed E-state index contributed by atoms with van der Waals surface area (Å²) in [5.74, 6) is -0.650. The number of ketones is 1. The van der Waals surface area contributed by atoms with Crippen LogP contribution in [0.1, 0.15) is 38.3 Å². The number of hydrogen-bond acceptors (Lipinski definition) is 5. The standard InChI is InChI=1S/C20H15BrN2O4/c21-15-8-6-14(7-9-15)20(26)23-22-12-16-10-11-17(27-16)19(25)18(24)13-4-2-1-3-5-13/h1-12,18,24H,(H,23,26). The van der Waals surface area contributed by atoms with Crippen molar-refractivity contribution in [3.63, 3.8) is 0 Å². The van der Waals surface area contributed by atoms with Gasteiger partial charge in [0, 0.05) is 10.0 Å². The van der Waals surface area contributed by atoms with Crippen LogP contribution in [-0.4, -0.2) is 23.0 Å². The van der Waals surface area contributed by atoms with Crippen molar-refractivity contribution in [2.45, 2.75) is 6.10 Å². The van der Waals surface area contributed by atoms with E-state index in [1.54, 1.807) is 54.6 Å². The number of amides is 1. The third-order valence-electron chi connectivity index (χ3n) is 3.70. The molecule has 2 N–H and O–H groups in total. The van der Waals surface area contributed by atoms with E-state index in [1.165, 1.54) is 18.3 Å². The van der Waals surface area contributed by atoms with E-state index in [0.29, 0.717) is 11.1 Å². The zero-order valence-corrected chi connectivity index (χ0v) is 15.6. The Morgan fingerprint density at radius 3 is 2.44 bits per heavy atom. The number of hydrazone groups is 1. The number of carbonyl (C=O) groups is 2. The summed E-state index contributed by atoms with van der Waals surface area (Å²) in [6.07, 6.45) is -0.0261. The molecule has 1 amide bonds. The van der Waals surface area contributed by atoms with Crippen molar-refractivity contribution < 1.29 is 19.1 Å². The lowest BCUT2D eigenvalue weighted by Gasteiger charge is -2.07. The molecule has 2 aromatic carbocycles. The Labute approximate surface area is 163 Å². The highest BCUT2D eigenvalue weighted by molar-refractivity contribution is 9.10. The molecule has 0 spiro atoms. The molecule has 1 aromatic heterocycles. The lowest BCUT2D eigenvalue weighted by Crippen LogP contribution is -2.17. The first kappa shape index (κ1) is 18.8. The van der Waals surface area contributed by atoms with E-state index >= 15 is 0 Å². The van der Waals surface area contributed by atoms with E-state index in [4.69, 9.17) is 4.42 Å². The molecule has 0 radical (unpaired) electrons. The third kappa shape index (κ3) is 4.78. The Morgan fingerprint density at radius 2 is 1.74 bits per heavy atom. The number of aliphatic hydroxyl groups excluding tert-OH is 1. The lowest BCUT2D eigenvalue weighted by atomic mass is 10.0. The molecule has 6 nitrogen and oxygen atoms in total. The molecule has 0 aliphatic carbocycles. The summed E-state index contributed by atoms with van der Waals surface area (Å²) in [4.78, 5) is 24.2. The number of aliphatic hydroxyl groups is 1. The van der Waals surface area contributed by atoms with Gasteiger partial charge in [0.15, 0.2) is 5.76 Å². The molecule has 1 atom stereocenters. The van der Waals surface area contributed by atoms with Crippen LogP contribution in [0.5, 0.6) is 0 Å². The van der Waals surface area contributed by atoms with Crippen LogP contribution in [0.3, 0.4) is 0 Å². The first-order chi connectivity index (χ1) is 13.0. The monoisotopic (exact) mass is 426 g/mol. The van der Waals surface area contributed by atoms with Crippen molar-refractivity contribution >= 4 is 33.8 Å². The minimum Gasteiger partial charge on any atom is -0.452 e. The summed E-state index contributed by atoms with van der Waals surface area (Å²) in [7, 11) is 0. The average molecular weight is 427 g/mol. The van der Waals surface area contributed by atoms with Crippen molar-refractivity contribution in [1.29, 1.82) is 0 Å². The Bertz CT molecular complexity index is 965. The van der Waals surface area contributed by atoms with Crippen molar-refractivity contribution in [2.24, 2.45) is 5.10 Å². The maximum Gasteiger partial charge on any atom is 0.271 e. The highest BCUT2D eigenvalue weighted by Gasteiger charge is 2.21. The van der Waals surface area contributed by atoms with E-state index < -0.39 is 11.9 Å². The van der Waals surface area contributed by atoms with Gasteiger partial charge in [-0.25, -0.2) is 5.43 Å². The van der Waals surface area contributed by atoms with Gasteiger partial charge >= 0.3 is 0 Å². The molecule has 136 valence electrons. The fraction of sp³-hybridized carbons (Fsp3) is 0.0500. The second-order valence-electron chi connectivity index (χ2n) is 5.59. The molecule has 27 heavy (non-hydrogen) atoms. The molecule has 1 unspecified atom stereocenters. The lowest BCUT2D eigenvalue weighted by molar-refractivity contribution is 0.0717. The van der Waals surface area contributed by atoms with Crippen molar-refractivity contribution in [1.82, 2.24) is 5.43 Å². The maximum absolute atomic E-state index is 12.3. The summed E-state index contributed by atoms with van der Waals surface area (Å²) in [6, 6.07) is 18.4. The number of nitrogens with zero attached hydrogens (tertiary/aromatic N) is 1. The van der Waals surface area contributed by atoms with Crippen LogP contribution < -0.4 is 5.43 Å². The van der Waals surface area contributed by atoms with Crippen molar-refractivity contribution in [2.75, 3.05) is 0 Å². The number of halogens is 1. The molecule has 3 aromatic rings. The summed E-state index contributed by atoms with van der Waals surface area (Å²) in [5, 5.41) is 14.0. The molecule has 0 bridgehead atoms. The van der Waals surface area contributed by atoms with Crippen LogP contribution in [0.15, 0.2) is 80.7 Å².